The Hall–Kier alpha value is -1.16. The van der Waals surface area contributed by atoms with Gasteiger partial charge in [0.1, 0.15) is 12.1 Å². The van der Waals surface area contributed by atoms with Crippen LogP contribution in [0.3, 0.4) is 0 Å². The molecule has 4 rings (SSSR count). The first-order chi connectivity index (χ1) is 10.3. The smallest absolute Gasteiger partial charge is 0.132 e. The summed E-state index contributed by atoms with van der Waals surface area (Å²) in [5.74, 6) is 2.37. The van der Waals surface area contributed by atoms with Crippen LogP contribution in [0, 0.1) is 11.3 Å². The summed E-state index contributed by atoms with van der Waals surface area (Å²) in [7, 11) is 0. The molecule has 0 spiro atoms. The molecule has 0 aromatic carbocycles. The molecule has 3 aliphatic rings. The maximum Gasteiger partial charge on any atom is 0.132 e. The molecule has 2 heterocycles. The van der Waals surface area contributed by atoms with Crippen molar-refractivity contribution in [3.8, 4) is 0 Å². The molecule has 2 atom stereocenters. The fourth-order valence-electron chi connectivity index (χ4n) is 4.48. The number of aliphatic hydroxyl groups excluding tert-OH is 1. The number of aromatic nitrogens is 2. The van der Waals surface area contributed by atoms with Crippen LogP contribution in [0.15, 0.2) is 12.4 Å². The monoisotopic (exact) mass is 287 g/mol. The topological polar surface area (TPSA) is 49.2 Å². The molecule has 0 radical (unpaired) electrons. The quantitative estimate of drug-likeness (QED) is 0.928. The van der Waals surface area contributed by atoms with E-state index in [1.807, 2.05) is 0 Å². The number of fused-ring (bicyclic) bond motifs is 1. The Kier molecular flexibility index (Phi) is 3.37. The predicted octanol–water partition coefficient (Wildman–Crippen LogP) is 2.73. The van der Waals surface area contributed by atoms with E-state index < -0.39 is 0 Å². The molecule has 2 aliphatic carbocycles. The summed E-state index contributed by atoms with van der Waals surface area (Å²) in [6.07, 6.45) is 10.6. The lowest BCUT2D eigenvalue weighted by atomic mass is 9.69. The second-order valence-corrected chi connectivity index (χ2v) is 7.27. The first kappa shape index (κ1) is 13.5. The van der Waals surface area contributed by atoms with Gasteiger partial charge in [-0.3, -0.25) is 0 Å². The number of aliphatic hydroxyl groups is 1. The Morgan fingerprint density at radius 3 is 2.81 bits per heavy atom. The highest BCUT2D eigenvalue weighted by Crippen LogP contribution is 2.47. The molecule has 3 fully saturated rings. The molecule has 1 aliphatic heterocycles. The van der Waals surface area contributed by atoms with Gasteiger partial charge in [-0.05, 0) is 31.6 Å². The fourth-order valence-corrected chi connectivity index (χ4v) is 4.48. The number of nitrogens with zero attached hydrogens (tertiary/aromatic N) is 3. The largest absolute Gasteiger partial charge is 0.396 e. The molecule has 0 bridgehead atoms. The highest BCUT2D eigenvalue weighted by molar-refractivity contribution is 5.42. The van der Waals surface area contributed by atoms with Gasteiger partial charge in [0.2, 0.25) is 0 Å². The number of anilines is 1. The maximum absolute atomic E-state index is 9.95. The van der Waals surface area contributed by atoms with Gasteiger partial charge in [0.25, 0.3) is 0 Å². The van der Waals surface area contributed by atoms with Gasteiger partial charge >= 0.3 is 0 Å². The van der Waals surface area contributed by atoms with Crippen LogP contribution in [0.5, 0.6) is 0 Å². The maximum atomic E-state index is 9.95. The van der Waals surface area contributed by atoms with Gasteiger partial charge in [0.05, 0.1) is 6.61 Å². The molecular weight excluding hydrogens is 262 g/mol. The van der Waals surface area contributed by atoms with Crippen molar-refractivity contribution in [3.63, 3.8) is 0 Å². The van der Waals surface area contributed by atoms with Gasteiger partial charge in [0.15, 0.2) is 0 Å². The van der Waals surface area contributed by atoms with E-state index in [2.05, 4.69) is 20.9 Å². The van der Waals surface area contributed by atoms with Crippen molar-refractivity contribution in [3.05, 3.63) is 18.1 Å². The van der Waals surface area contributed by atoms with Crippen molar-refractivity contribution in [2.24, 2.45) is 11.3 Å². The van der Waals surface area contributed by atoms with Crippen molar-refractivity contribution < 1.29 is 5.11 Å². The van der Waals surface area contributed by atoms with Crippen molar-refractivity contribution in [1.82, 2.24) is 9.97 Å². The van der Waals surface area contributed by atoms with Crippen LogP contribution in [0.25, 0.3) is 0 Å². The zero-order valence-corrected chi connectivity index (χ0v) is 12.7. The summed E-state index contributed by atoms with van der Waals surface area (Å²) in [5.41, 5.74) is 1.35. The summed E-state index contributed by atoms with van der Waals surface area (Å²) in [5, 5.41) is 9.95. The highest BCUT2D eigenvalue weighted by Gasteiger charge is 2.47. The normalized spacial score (nSPS) is 32.8. The minimum absolute atomic E-state index is 0.125. The molecule has 1 saturated heterocycles. The molecule has 0 amide bonds. The summed E-state index contributed by atoms with van der Waals surface area (Å²) < 4.78 is 0. The van der Waals surface area contributed by atoms with Crippen LogP contribution >= 0.6 is 0 Å². The number of rotatable bonds is 3. The van der Waals surface area contributed by atoms with E-state index in [-0.39, 0.29) is 5.41 Å². The van der Waals surface area contributed by atoms with Crippen LogP contribution < -0.4 is 4.90 Å². The summed E-state index contributed by atoms with van der Waals surface area (Å²) >= 11 is 0. The van der Waals surface area contributed by atoms with Crippen molar-refractivity contribution in [2.75, 3.05) is 24.6 Å². The Morgan fingerprint density at radius 1 is 1.19 bits per heavy atom. The Bertz CT molecular complexity index is 517. The summed E-state index contributed by atoms with van der Waals surface area (Å²) in [6, 6.07) is 2.20. The fraction of sp³-hybridized carbons (Fsp3) is 0.765. The van der Waals surface area contributed by atoms with Gasteiger partial charge in [-0.25, -0.2) is 9.97 Å². The lowest BCUT2D eigenvalue weighted by Crippen LogP contribution is -2.37. The average molecular weight is 287 g/mol. The molecule has 21 heavy (non-hydrogen) atoms. The van der Waals surface area contributed by atoms with Crippen LogP contribution in [-0.2, 0) is 0 Å². The average Bonchev–Trinajstić information content (AvgIpc) is 2.86. The zero-order valence-electron chi connectivity index (χ0n) is 12.7. The van der Waals surface area contributed by atoms with E-state index in [4.69, 9.17) is 0 Å². The first-order valence-electron chi connectivity index (χ1n) is 8.48. The zero-order chi connectivity index (χ0) is 14.3. The van der Waals surface area contributed by atoms with Gasteiger partial charge in [-0.2, -0.15) is 0 Å². The molecule has 2 saturated carbocycles. The van der Waals surface area contributed by atoms with Crippen LogP contribution in [0.4, 0.5) is 5.82 Å². The molecule has 114 valence electrons. The molecule has 1 aromatic rings. The molecule has 2 unspecified atom stereocenters. The van der Waals surface area contributed by atoms with Crippen LogP contribution in [0.1, 0.15) is 56.6 Å². The van der Waals surface area contributed by atoms with E-state index in [1.54, 1.807) is 6.33 Å². The third-order valence-electron chi connectivity index (χ3n) is 6.13. The minimum atomic E-state index is 0.125. The minimum Gasteiger partial charge on any atom is -0.396 e. The standard InChI is InChI=1S/C17H25N3O/c21-11-17-7-2-1-6-14(17)9-20(10-17)16-8-15(18-12-19-16)13-4-3-5-13/h8,12-14,21H,1-7,9-11H2. The SMILES string of the molecule is OCC12CCCCC1CN(c1cc(C3CCC3)ncn1)C2. The molecule has 4 nitrogen and oxygen atoms in total. The van der Waals surface area contributed by atoms with Crippen molar-refractivity contribution >= 4 is 5.82 Å². The van der Waals surface area contributed by atoms with E-state index >= 15 is 0 Å². The Morgan fingerprint density at radius 2 is 2.10 bits per heavy atom. The van der Waals surface area contributed by atoms with Gasteiger partial charge in [0, 0.05) is 36.2 Å². The number of hydrogen-bond acceptors (Lipinski definition) is 4. The highest BCUT2D eigenvalue weighted by atomic mass is 16.3. The van der Waals surface area contributed by atoms with Crippen molar-refractivity contribution in [1.29, 1.82) is 0 Å². The van der Waals surface area contributed by atoms with Gasteiger partial charge in [-0.15, -0.1) is 0 Å². The molecule has 1 aromatic heterocycles. The predicted molar refractivity (Wildman–Crippen MR) is 82.3 cm³/mol. The van der Waals surface area contributed by atoms with E-state index in [1.165, 1.54) is 50.6 Å². The summed E-state index contributed by atoms with van der Waals surface area (Å²) in [4.78, 5) is 11.4. The van der Waals surface area contributed by atoms with Gasteiger partial charge < -0.3 is 10.0 Å². The first-order valence-corrected chi connectivity index (χ1v) is 8.48. The molecular formula is C17H25N3O. The van der Waals surface area contributed by atoms with E-state index in [0.717, 1.165) is 18.9 Å². The van der Waals surface area contributed by atoms with Gasteiger partial charge in [-0.1, -0.05) is 19.3 Å². The second-order valence-electron chi connectivity index (χ2n) is 7.27. The lowest BCUT2D eigenvalue weighted by molar-refractivity contribution is 0.0626. The third kappa shape index (κ3) is 2.24. The number of hydrogen-bond donors (Lipinski definition) is 1. The van der Waals surface area contributed by atoms with E-state index in [0.29, 0.717) is 18.4 Å². The van der Waals surface area contributed by atoms with E-state index in [9.17, 15) is 5.11 Å². The van der Waals surface area contributed by atoms with Crippen LogP contribution in [-0.4, -0.2) is 34.8 Å². The summed E-state index contributed by atoms with van der Waals surface area (Å²) in [6.45, 7) is 2.35. The molecule has 1 N–H and O–H groups in total. The Balaban J connectivity index is 1.57. The van der Waals surface area contributed by atoms with Crippen LogP contribution in [0.2, 0.25) is 0 Å². The Labute approximate surface area is 126 Å². The second kappa shape index (κ2) is 5.24. The third-order valence-corrected chi connectivity index (χ3v) is 6.13. The lowest BCUT2D eigenvalue weighted by Gasteiger charge is -2.36. The molecule has 4 heteroatoms. The van der Waals surface area contributed by atoms with Crippen molar-refractivity contribution in [2.45, 2.75) is 50.9 Å².